The number of rotatable bonds is 2. The van der Waals surface area contributed by atoms with Crippen LogP contribution >= 0.6 is 14.5 Å². The van der Waals surface area contributed by atoms with Gasteiger partial charge in [-0.2, -0.15) is 9.67 Å². The maximum absolute atomic E-state index is 16.0. The second-order valence-corrected chi connectivity index (χ2v) is 14.5. The number of imidazole rings is 1. The van der Waals surface area contributed by atoms with Crippen LogP contribution in [0.15, 0.2) is 11.1 Å². The van der Waals surface area contributed by atoms with Gasteiger partial charge in [0.25, 0.3) is 5.56 Å². The van der Waals surface area contributed by atoms with Gasteiger partial charge in [0.05, 0.1) is 19.5 Å². The van der Waals surface area contributed by atoms with Crippen LogP contribution in [-0.2, 0) is 43.9 Å². The summed E-state index contributed by atoms with van der Waals surface area (Å²) in [5.41, 5.74) is 10.5. The van der Waals surface area contributed by atoms with Gasteiger partial charge in [0, 0.05) is 0 Å². The number of halogens is 2. The van der Waals surface area contributed by atoms with E-state index in [1.807, 2.05) is 0 Å². The molecule has 0 amide bonds. The number of nitrogen functional groups attached to an aromatic ring is 2. The maximum atomic E-state index is 16.0. The van der Waals surface area contributed by atoms with E-state index in [1.54, 1.807) is 0 Å². The quantitative estimate of drug-likeness (QED) is 0.163. The number of anilines is 2. The van der Waals surface area contributed by atoms with Crippen molar-refractivity contribution in [3.63, 3.8) is 0 Å². The minimum absolute atomic E-state index is 0.00886. The number of nitrogens with zero attached hydrogens (tertiary/aromatic N) is 8. The third-order valence-corrected chi connectivity index (χ3v) is 9.82. The predicted octanol–water partition coefficient (Wildman–Crippen LogP) is -0.567. The molecule has 0 aliphatic carbocycles. The Bertz CT molecular complexity index is 2000. The van der Waals surface area contributed by atoms with E-state index in [-0.39, 0.29) is 39.9 Å². The number of hydrogen-bond donors (Lipinski definition) is 5. The van der Waals surface area contributed by atoms with Crippen LogP contribution in [0.25, 0.3) is 22.3 Å². The van der Waals surface area contributed by atoms with Crippen molar-refractivity contribution in [3.05, 3.63) is 22.5 Å². The summed E-state index contributed by atoms with van der Waals surface area (Å²) >= 11 is 5.13. The molecule has 0 aromatic carbocycles. The van der Waals surface area contributed by atoms with Crippen LogP contribution in [0.1, 0.15) is 18.3 Å². The van der Waals surface area contributed by atoms with E-state index in [9.17, 15) is 19.1 Å². The molecule has 46 heavy (non-hydrogen) atoms. The van der Waals surface area contributed by atoms with Gasteiger partial charge in [0.2, 0.25) is 5.95 Å². The lowest BCUT2D eigenvalue weighted by Crippen LogP contribution is -2.34. The second kappa shape index (κ2) is 11.2. The molecule has 0 radical (unpaired) electrons. The summed E-state index contributed by atoms with van der Waals surface area (Å²) in [7, 11) is -5.18. The fourth-order valence-electron chi connectivity index (χ4n) is 5.29. The molecule has 3 aliphatic heterocycles. The molecule has 0 spiro atoms. The highest BCUT2D eigenvalue weighted by molar-refractivity contribution is 8.07. The summed E-state index contributed by atoms with van der Waals surface area (Å²) in [6, 6.07) is 0. The molecule has 248 valence electrons. The summed E-state index contributed by atoms with van der Waals surface area (Å²) in [6.45, 7) is -4.60. The SMILES string of the molecule is Cc1nc(N)c2nnn([C@@H]3OC4COP(O)(=S)O[C@@H]5[C@H](F)[C@@H](COP(=O)(O)O[C@H]4[C@@H]3F)O[C@H]5n3cnc4c(=O)[nH]c(N)nc43)c2n1. The van der Waals surface area contributed by atoms with Crippen LogP contribution < -0.4 is 17.0 Å². The monoisotopic (exact) mass is 709 g/mol. The molecule has 3 saturated heterocycles. The van der Waals surface area contributed by atoms with Crippen molar-refractivity contribution < 1.29 is 50.7 Å². The van der Waals surface area contributed by atoms with Crippen molar-refractivity contribution in [2.75, 3.05) is 24.7 Å². The third kappa shape index (κ3) is 5.48. The van der Waals surface area contributed by atoms with Gasteiger partial charge in [-0.15, -0.1) is 5.10 Å². The van der Waals surface area contributed by atoms with E-state index in [2.05, 4.69) is 35.2 Å². The molecular formula is C20H23F2N11O10P2S. The van der Waals surface area contributed by atoms with Gasteiger partial charge < -0.3 is 35.3 Å². The molecule has 3 aliphatic rings. The first kappa shape index (κ1) is 31.4. The zero-order valence-electron chi connectivity index (χ0n) is 23.1. The van der Waals surface area contributed by atoms with Crippen LogP contribution in [0, 0.1) is 6.92 Å². The van der Waals surface area contributed by atoms with E-state index >= 15 is 8.78 Å². The fraction of sp³-hybridized carbons (Fsp3) is 0.550. The number of alkyl halides is 2. The van der Waals surface area contributed by atoms with Crippen molar-refractivity contribution in [2.45, 2.75) is 56.1 Å². The highest BCUT2D eigenvalue weighted by Crippen LogP contribution is 2.54. The van der Waals surface area contributed by atoms with Gasteiger partial charge in [0.15, 0.2) is 52.9 Å². The Morgan fingerprint density at radius 1 is 1.00 bits per heavy atom. The highest BCUT2D eigenvalue weighted by atomic mass is 32.5. The molecule has 7 heterocycles. The lowest BCUT2D eigenvalue weighted by Gasteiger charge is -2.27. The first-order valence-electron chi connectivity index (χ1n) is 13.2. The first-order valence-corrected chi connectivity index (χ1v) is 17.3. The molecule has 7 N–H and O–H groups in total. The third-order valence-electron chi connectivity index (χ3n) is 7.27. The van der Waals surface area contributed by atoms with Crippen molar-refractivity contribution in [3.8, 4) is 0 Å². The molecule has 4 aromatic heterocycles. The standard InChI is InChI=1S/C20H23F2N11O10P2S/c1-5-26-14(23)10-16(27-5)33(31-30-10)18-9(22)12-7(41-18)3-39-45(37,46)43-13-8(21)6(2-38-44(35,36)42-12)40-19(13)32-4-25-11-15(32)28-20(24)29-17(11)34/h4,6-9,12-13,18-19H,2-3H2,1H3,(H,35,36)(H,37,46)(H2,23,26,27)(H3,24,28,29,34)/t6-,7?,8-,9+,12-,13-,18-,19-,45?/m1/s1. The number of nitrogens with one attached hydrogen (secondary N) is 1. The maximum Gasteiger partial charge on any atom is 0.472 e. The van der Waals surface area contributed by atoms with Gasteiger partial charge in [-0.05, 0) is 18.7 Å². The number of aromatic nitrogens is 9. The Balaban J connectivity index is 1.21. The molecular weight excluding hydrogens is 686 g/mol. The number of hydrogen-bond acceptors (Lipinski definition) is 17. The van der Waals surface area contributed by atoms with E-state index in [1.165, 1.54) is 6.92 Å². The number of ether oxygens (including phenoxy) is 2. The first-order chi connectivity index (χ1) is 21.7. The molecule has 4 aromatic rings. The lowest BCUT2D eigenvalue weighted by atomic mass is 10.1. The summed E-state index contributed by atoms with van der Waals surface area (Å²) in [5, 5.41) is 7.71. The largest absolute Gasteiger partial charge is 0.472 e. The Hall–Kier alpha value is -3.15. The van der Waals surface area contributed by atoms with E-state index < -0.39 is 82.5 Å². The summed E-state index contributed by atoms with van der Waals surface area (Å²) in [4.78, 5) is 52.2. The molecule has 10 atom stereocenters. The van der Waals surface area contributed by atoms with Gasteiger partial charge in [-0.1, -0.05) is 5.21 Å². The van der Waals surface area contributed by atoms with Gasteiger partial charge >= 0.3 is 14.5 Å². The molecule has 3 unspecified atom stereocenters. The fourth-order valence-corrected chi connectivity index (χ4v) is 7.65. The van der Waals surface area contributed by atoms with Crippen LogP contribution in [0.2, 0.25) is 0 Å². The Morgan fingerprint density at radius 3 is 2.52 bits per heavy atom. The van der Waals surface area contributed by atoms with Crippen LogP contribution in [0.3, 0.4) is 0 Å². The van der Waals surface area contributed by atoms with Crippen molar-refractivity contribution in [2.24, 2.45) is 0 Å². The molecule has 21 nitrogen and oxygen atoms in total. The zero-order valence-corrected chi connectivity index (χ0v) is 25.7. The highest BCUT2D eigenvalue weighted by Gasteiger charge is 2.54. The minimum Gasteiger partial charge on any atom is -0.382 e. The van der Waals surface area contributed by atoms with E-state index in [0.29, 0.717) is 0 Å². The average molecular weight is 709 g/mol. The molecule has 7 rings (SSSR count). The average Bonchev–Trinajstić information content (AvgIpc) is 3.72. The number of aromatic amines is 1. The number of H-pyrrole nitrogens is 1. The smallest absolute Gasteiger partial charge is 0.382 e. The van der Waals surface area contributed by atoms with Crippen LogP contribution in [-0.4, -0.2) is 104 Å². The minimum atomic E-state index is -5.18. The van der Waals surface area contributed by atoms with Crippen LogP contribution in [0.5, 0.6) is 0 Å². The van der Waals surface area contributed by atoms with Gasteiger partial charge in [-0.25, -0.2) is 28.3 Å². The zero-order chi connectivity index (χ0) is 32.7. The number of aryl methyl sites for hydroxylation is 1. The normalized spacial score (nSPS) is 37.2. The molecule has 0 saturated carbocycles. The van der Waals surface area contributed by atoms with Gasteiger partial charge in [-0.3, -0.25) is 27.9 Å². The Morgan fingerprint density at radius 2 is 1.74 bits per heavy atom. The molecule has 26 heteroatoms. The van der Waals surface area contributed by atoms with E-state index in [4.69, 9.17) is 50.8 Å². The van der Waals surface area contributed by atoms with Crippen molar-refractivity contribution in [1.29, 1.82) is 0 Å². The van der Waals surface area contributed by atoms with Crippen molar-refractivity contribution >= 4 is 60.4 Å². The summed E-state index contributed by atoms with van der Waals surface area (Å²) < 4.78 is 79.4. The second-order valence-electron chi connectivity index (χ2n) is 10.3. The van der Waals surface area contributed by atoms with E-state index in [0.717, 1.165) is 15.6 Å². The van der Waals surface area contributed by atoms with Crippen LogP contribution in [0.4, 0.5) is 20.5 Å². The Labute approximate surface area is 259 Å². The summed E-state index contributed by atoms with van der Waals surface area (Å²) in [5.74, 6) is -0.110. The topological polar surface area (TPSA) is 285 Å². The Kier molecular flexibility index (Phi) is 7.68. The number of phosphoric ester groups is 1. The van der Waals surface area contributed by atoms with Crippen molar-refractivity contribution in [1.82, 2.24) is 44.5 Å². The molecule has 3 fully saturated rings. The summed E-state index contributed by atoms with van der Waals surface area (Å²) in [6.07, 6.45) is -13.3. The van der Waals surface area contributed by atoms with Gasteiger partial charge in [0.1, 0.15) is 30.2 Å². The predicted molar refractivity (Wildman–Crippen MR) is 150 cm³/mol. The number of nitrogens with two attached hydrogens (primary N) is 2. The lowest BCUT2D eigenvalue weighted by molar-refractivity contribution is -0.0645. The number of phosphoric acid groups is 1. The number of fused-ring (bicyclic) bond motifs is 5. The molecule has 2 bridgehead atoms.